The van der Waals surface area contributed by atoms with E-state index in [1.165, 1.54) is 6.08 Å². The molecule has 98 valence electrons. The molecule has 6 heteroatoms. The van der Waals surface area contributed by atoms with Gasteiger partial charge < -0.3 is 10.2 Å². The highest BCUT2D eigenvalue weighted by Crippen LogP contribution is 2.54. The molecule has 2 N–H and O–H groups in total. The fraction of sp³-hybridized carbons (Fsp3) is 0.333. The first-order chi connectivity index (χ1) is 8.17. The summed E-state index contributed by atoms with van der Waals surface area (Å²) < 4.78 is -3.88. The molecule has 0 saturated heterocycles. The molecule has 1 aromatic carbocycles. The predicted octanol–water partition coefficient (Wildman–Crippen LogP) is 3.50. The van der Waals surface area contributed by atoms with E-state index in [-0.39, 0.29) is 6.42 Å². The van der Waals surface area contributed by atoms with Crippen molar-refractivity contribution in [1.82, 2.24) is 0 Å². The van der Waals surface area contributed by atoms with Crippen LogP contribution in [0.1, 0.15) is 12.0 Å². The minimum atomic E-state index is -2.63. The van der Waals surface area contributed by atoms with Gasteiger partial charge in [0.25, 0.3) is 0 Å². The van der Waals surface area contributed by atoms with Crippen LogP contribution in [-0.4, -0.2) is 24.7 Å². The van der Waals surface area contributed by atoms with Gasteiger partial charge >= 0.3 is 0 Å². The molecule has 0 amide bonds. The Morgan fingerprint density at radius 2 is 1.50 bits per heavy atom. The summed E-state index contributed by atoms with van der Waals surface area (Å²) in [6, 6.07) is 9.20. The smallest absolute Gasteiger partial charge is 0.235 e. The summed E-state index contributed by atoms with van der Waals surface area (Å²) in [7, 11) is 0. The lowest BCUT2D eigenvalue weighted by molar-refractivity contribution is -0.174. The van der Waals surface area contributed by atoms with E-state index in [9.17, 15) is 10.2 Å². The van der Waals surface area contributed by atoms with E-state index < -0.39 is 14.5 Å². The molecule has 2 nitrogen and oxygen atoms in total. The highest BCUT2D eigenvalue weighted by molar-refractivity contribution is 6.56. The van der Waals surface area contributed by atoms with Crippen LogP contribution < -0.4 is 0 Å². The molecule has 1 aliphatic rings. The SMILES string of the molecule is OC1(O)C(Cl)(Cl)C=C(c2ccccc2)CC1(Cl)Cl. The van der Waals surface area contributed by atoms with Gasteiger partial charge in [0.2, 0.25) is 5.79 Å². The Labute approximate surface area is 125 Å². The van der Waals surface area contributed by atoms with Gasteiger partial charge in [-0.05, 0) is 17.2 Å². The van der Waals surface area contributed by atoms with Crippen LogP contribution in [0.25, 0.3) is 5.57 Å². The van der Waals surface area contributed by atoms with Gasteiger partial charge in [-0.15, -0.1) is 0 Å². The fourth-order valence-corrected chi connectivity index (χ4v) is 3.18. The maximum atomic E-state index is 9.88. The van der Waals surface area contributed by atoms with Crippen LogP contribution in [0.3, 0.4) is 0 Å². The van der Waals surface area contributed by atoms with Gasteiger partial charge in [0.15, 0.2) is 8.67 Å². The second-order valence-corrected chi connectivity index (χ2v) is 7.08. The lowest BCUT2D eigenvalue weighted by Crippen LogP contribution is -2.59. The minimum Gasteiger partial charge on any atom is -0.361 e. The monoisotopic (exact) mass is 326 g/mol. The van der Waals surface area contributed by atoms with E-state index in [2.05, 4.69) is 0 Å². The predicted molar refractivity (Wildman–Crippen MR) is 75.1 cm³/mol. The van der Waals surface area contributed by atoms with Crippen LogP contribution in [0.2, 0.25) is 0 Å². The summed E-state index contributed by atoms with van der Waals surface area (Å²) in [5, 5.41) is 19.8. The molecule has 2 rings (SSSR count). The van der Waals surface area contributed by atoms with Crippen LogP contribution in [0.5, 0.6) is 0 Å². The maximum Gasteiger partial charge on any atom is 0.235 e. The molecule has 0 bridgehead atoms. The number of alkyl halides is 4. The van der Waals surface area contributed by atoms with Gasteiger partial charge in [-0.25, -0.2) is 0 Å². The van der Waals surface area contributed by atoms with Gasteiger partial charge in [-0.2, -0.15) is 0 Å². The lowest BCUT2D eigenvalue weighted by Gasteiger charge is -2.44. The Kier molecular flexibility index (Phi) is 3.65. The zero-order valence-corrected chi connectivity index (χ0v) is 12.1. The second kappa shape index (κ2) is 4.55. The van der Waals surface area contributed by atoms with E-state index in [1.807, 2.05) is 30.3 Å². The summed E-state index contributed by atoms with van der Waals surface area (Å²) in [5.41, 5.74) is 1.48. The summed E-state index contributed by atoms with van der Waals surface area (Å²) in [6.45, 7) is 0. The molecular formula is C12H10Cl4O2. The quantitative estimate of drug-likeness (QED) is 0.612. The number of rotatable bonds is 1. The molecule has 1 aromatic rings. The van der Waals surface area contributed by atoms with Crippen molar-refractivity contribution in [2.75, 3.05) is 0 Å². The van der Waals surface area contributed by atoms with Crippen LogP contribution >= 0.6 is 46.4 Å². The van der Waals surface area contributed by atoms with Crippen LogP contribution in [0, 0.1) is 0 Å². The topological polar surface area (TPSA) is 40.5 Å². The van der Waals surface area contributed by atoms with Crippen molar-refractivity contribution in [2.24, 2.45) is 0 Å². The molecule has 0 heterocycles. The first kappa shape index (κ1) is 14.4. The van der Waals surface area contributed by atoms with Crippen molar-refractivity contribution >= 4 is 52.0 Å². The van der Waals surface area contributed by atoms with E-state index in [4.69, 9.17) is 46.4 Å². The van der Waals surface area contributed by atoms with Crippen molar-refractivity contribution in [2.45, 2.75) is 20.9 Å². The zero-order valence-electron chi connectivity index (χ0n) is 9.08. The zero-order chi connectivity index (χ0) is 13.6. The molecule has 0 atom stereocenters. The molecule has 0 aliphatic heterocycles. The van der Waals surface area contributed by atoms with Crippen molar-refractivity contribution in [3.05, 3.63) is 42.0 Å². The third-order valence-corrected chi connectivity index (χ3v) is 4.43. The lowest BCUT2D eigenvalue weighted by atomic mass is 9.88. The summed E-state index contributed by atoms with van der Waals surface area (Å²) >= 11 is 23.7. The van der Waals surface area contributed by atoms with Crippen LogP contribution in [-0.2, 0) is 0 Å². The molecular weight excluding hydrogens is 318 g/mol. The van der Waals surface area contributed by atoms with E-state index in [0.29, 0.717) is 5.57 Å². The maximum absolute atomic E-state index is 9.88. The van der Waals surface area contributed by atoms with Gasteiger partial charge in [0.1, 0.15) is 0 Å². The number of allylic oxidation sites excluding steroid dienone is 1. The molecule has 0 saturated carbocycles. The van der Waals surface area contributed by atoms with Crippen LogP contribution in [0.15, 0.2) is 36.4 Å². The van der Waals surface area contributed by atoms with Gasteiger partial charge in [0.05, 0.1) is 0 Å². The molecule has 1 aliphatic carbocycles. The van der Waals surface area contributed by atoms with Gasteiger partial charge in [-0.3, -0.25) is 0 Å². The average Bonchev–Trinajstić information content (AvgIpc) is 2.27. The van der Waals surface area contributed by atoms with Crippen LogP contribution in [0.4, 0.5) is 0 Å². The summed E-state index contributed by atoms with van der Waals surface area (Å²) in [5.74, 6) is -2.63. The summed E-state index contributed by atoms with van der Waals surface area (Å²) in [4.78, 5) is 0. The number of halogens is 4. The van der Waals surface area contributed by atoms with Gasteiger partial charge in [-0.1, -0.05) is 76.7 Å². The Morgan fingerprint density at radius 1 is 0.944 bits per heavy atom. The first-order valence-electron chi connectivity index (χ1n) is 5.15. The third-order valence-electron chi connectivity index (χ3n) is 2.89. The largest absolute Gasteiger partial charge is 0.361 e. The van der Waals surface area contributed by atoms with Crippen molar-refractivity contribution in [3.63, 3.8) is 0 Å². The number of hydrogen-bond donors (Lipinski definition) is 2. The molecule has 0 spiro atoms. The Balaban J connectivity index is 2.51. The van der Waals surface area contributed by atoms with E-state index in [1.54, 1.807) is 0 Å². The van der Waals surface area contributed by atoms with Gasteiger partial charge in [0, 0.05) is 6.42 Å². The first-order valence-corrected chi connectivity index (χ1v) is 6.66. The molecule has 0 unspecified atom stereocenters. The highest BCUT2D eigenvalue weighted by Gasteiger charge is 2.62. The molecule has 0 aromatic heterocycles. The third kappa shape index (κ3) is 2.26. The van der Waals surface area contributed by atoms with Crippen molar-refractivity contribution < 1.29 is 10.2 Å². The Bertz CT molecular complexity index is 480. The van der Waals surface area contributed by atoms with E-state index >= 15 is 0 Å². The van der Waals surface area contributed by atoms with Crippen molar-refractivity contribution in [1.29, 1.82) is 0 Å². The number of benzene rings is 1. The minimum absolute atomic E-state index is 0.0221. The highest BCUT2D eigenvalue weighted by atomic mass is 35.5. The number of aliphatic hydroxyl groups is 2. The van der Waals surface area contributed by atoms with Crippen molar-refractivity contribution in [3.8, 4) is 0 Å². The fourth-order valence-electron chi connectivity index (χ4n) is 1.81. The molecule has 0 fully saturated rings. The standard InChI is InChI=1S/C12H10Cl4O2/c13-10(14)6-9(8-4-2-1-3-5-8)7-11(15,16)12(10,17)18/h1-6,17-18H,7H2. The Hall–Kier alpha value is 0.0400. The normalized spacial score (nSPS) is 24.4. The number of hydrogen-bond acceptors (Lipinski definition) is 2. The van der Waals surface area contributed by atoms with E-state index in [0.717, 1.165) is 5.56 Å². The second-order valence-electron chi connectivity index (χ2n) is 4.21. The Morgan fingerprint density at radius 3 is 2.00 bits per heavy atom. The molecule has 18 heavy (non-hydrogen) atoms. The molecule has 0 radical (unpaired) electrons. The summed E-state index contributed by atoms with van der Waals surface area (Å²) in [6.07, 6.45) is 1.38. The average molecular weight is 328 g/mol.